The van der Waals surface area contributed by atoms with Gasteiger partial charge in [0.15, 0.2) is 0 Å². The molecule has 2 bridgehead atoms. The molecule has 2 N–H and O–H groups in total. The lowest BCUT2D eigenvalue weighted by Gasteiger charge is -2.37. The van der Waals surface area contributed by atoms with Gasteiger partial charge in [0, 0.05) is 24.5 Å². The van der Waals surface area contributed by atoms with Gasteiger partial charge in [-0.1, -0.05) is 6.08 Å². The number of nitrogens with zero attached hydrogens (tertiary/aromatic N) is 1. The number of hydrogen-bond donors (Lipinski definition) is 1. The van der Waals surface area contributed by atoms with Crippen molar-refractivity contribution in [1.82, 2.24) is 4.90 Å². The standard InChI is InChI=1S/C11H18N2O/c1-2-3-11(14)13-9-4-5-10(13)7-8(12)6-9/h2,8-10H,1,3-7,12H2/t8?,9-,10+. The zero-order valence-corrected chi connectivity index (χ0v) is 8.48. The Morgan fingerprint density at radius 1 is 1.43 bits per heavy atom. The lowest BCUT2D eigenvalue weighted by Crippen LogP contribution is -2.49. The van der Waals surface area contributed by atoms with Gasteiger partial charge in [0.1, 0.15) is 0 Å². The van der Waals surface area contributed by atoms with Crippen LogP contribution in [0.4, 0.5) is 0 Å². The number of carbonyl (C=O) groups is 1. The van der Waals surface area contributed by atoms with Gasteiger partial charge in [-0.05, 0) is 25.7 Å². The first-order chi connectivity index (χ1) is 6.72. The minimum Gasteiger partial charge on any atom is -0.336 e. The molecule has 0 aromatic heterocycles. The maximum atomic E-state index is 11.8. The Hall–Kier alpha value is -0.830. The molecule has 1 amide bonds. The number of piperidine rings is 1. The summed E-state index contributed by atoms with van der Waals surface area (Å²) >= 11 is 0. The molecule has 2 saturated heterocycles. The molecule has 78 valence electrons. The van der Waals surface area contributed by atoms with E-state index in [9.17, 15) is 4.79 Å². The van der Waals surface area contributed by atoms with Crippen molar-refractivity contribution in [3.8, 4) is 0 Å². The van der Waals surface area contributed by atoms with Gasteiger partial charge in [-0.15, -0.1) is 6.58 Å². The van der Waals surface area contributed by atoms with Crippen LogP contribution in [0.5, 0.6) is 0 Å². The van der Waals surface area contributed by atoms with Crippen LogP contribution in [0, 0.1) is 0 Å². The second-order valence-electron chi connectivity index (χ2n) is 4.41. The van der Waals surface area contributed by atoms with Crippen molar-refractivity contribution in [3.63, 3.8) is 0 Å². The molecule has 3 nitrogen and oxygen atoms in total. The Bertz CT molecular complexity index is 238. The van der Waals surface area contributed by atoms with Crippen LogP contribution in [0.2, 0.25) is 0 Å². The molecule has 14 heavy (non-hydrogen) atoms. The third kappa shape index (κ3) is 1.57. The van der Waals surface area contributed by atoms with Crippen molar-refractivity contribution in [2.24, 2.45) is 5.73 Å². The number of amides is 1. The largest absolute Gasteiger partial charge is 0.336 e. The maximum Gasteiger partial charge on any atom is 0.226 e. The highest BCUT2D eigenvalue weighted by Crippen LogP contribution is 2.35. The Labute approximate surface area is 84.9 Å². The molecule has 0 radical (unpaired) electrons. The smallest absolute Gasteiger partial charge is 0.226 e. The van der Waals surface area contributed by atoms with Crippen molar-refractivity contribution in [2.75, 3.05) is 0 Å². The SMILES string of the molecule is C=CCC(=O)N1[C@@H]2CC[C@H]1CC(N)C2. The first-order valence-corrected chi connectivity index (χ1v) is 5.40. The first kappa shape index (κ1) is 9.71. The number of fused-ring (bicyclic) bond motifs is 2. The zero-order chi connectivity index (χ0) is 10.1. The lowest BCUT2D eigenvalue weighted by molar-refractivity contribution is -0.134. The van der Waals surface area contributed by atoms with E-state index in [1.54, 1.807) is 6.08 Å². The number of hydrogen-bond acceptors (Lipinski definition) is 2. The van der Waals surface area contributed by atoms with E-state index in [0.717, 1.165) is 25.7 Å². The summed E-state index contributed by atoms with van der Waals surface area (Å²) < 4.78 is 0. The number of rotatable bonds is 2. The molecule has 0 aromatic carbocycles. The molecule has 1 unspecified atom stereocenters. The Morgan fingerprint density at radius 2 is 2.00 bits per heavy atom. The average Bonchev–Trinajstić information content (AvgIpc) is 2.39. The molecule has 3 heteroatoms. The van der Waals surface area contributed by atoms with Gasteiger partial charge in [-0.3, -0.25) is 4.79 Å². The van der Waals surface area contributed by atoms with E-state index < -0.39 is 0 Å². The third-order valence-electron chi connectivity index (χ3n) is 3.38. The first-order valence-electron chi connectivity index (χ1n) is 5.40. The fourth-order valence-corrected chi connectivity index (χ4v) is 2.86. The summed E-state index contributed by atoms with van der Waals surface area (Å²) in [5.74, 6) is 0.236. The Morgan fingerprint density at radius 3 is 2.50 bits per heavy atom. The molecule has 0 aromatic rings. The van der Waals surface area contributed by atoms with Crippen LogP contribution >= 0.6 is 0 Å². The lowest BCUT2D eigenvalue weighted by atomic mass is 9.98. The van der Waals surface area contributed by atoms with E-state index in [-0.39, 0.29) is 5.91 Å². The van der Waals surface area contributed by atoms with E-state index >= 15 is 0 Å². The van der Waals surface area contributed by atoms with Crippen molar-refractivity contribution in [3.05, 3.63) is 12.7 Å². The topological polar surface area (TPSA) is 46.3 Å². The molecule has 2 rings (SSSR count). The molecule has 2 aliphatic heterocycles. The molecular weight excluding hydrogens is 176 g/mol. The molecular formula is C11H18N2O. The highest BCUT2D eigenvalue weighted by molar-refractivity contribution is 5.78. The minimum absolute atomic E-state index is 0.236. The van der Waals surface area contributed by atoms with Crippen molar-refractivity contribution < 1.29 is 4.79 Å². The van der Waals surface area contributed by atoms with Gasteiger partial charge < -0.3 is 10.6 Å². The summed E-state index contributed by atoms with van der Waals surface area (Å²) in [6.07, 6.45) is 6.42. The summed E-state index contributed by atoms with van der Waals surface area (Å²) in [6.45, 7) is 3.61. The second-order valence-corrected chi connectivity index (χ2v) is 4.41. The van der Waals surface area contributed by atoms with Crippen LogP contribution < -0.4 is 5.73 Å². The highest BCUT2D eigenvalue weighted by Gasteiger charge is 2.41. The molecule has 2 heterocycles. The fraction of sp³-hybridized carbons (Fsp3) is 0.727. The van der Waals surface area contributed by atoms with E-state index in [1.807, 2.05) is 0 Å². The summed E-state index contributed by atoms with van der Waals surface area (Å²) in [5, 5.41) is 0. The van der Waals surface area contributed by atoms with Crippen LogP contribution in [0.3, 0.4) is 0 Å². The molecule has 0 aliphatic carbocycles. The van der Waals surface area contributed by atoms with Gasteiger partial charge in [0.2, 0.25) is 5.91 Å². The predicted molar refractivity (Wildman–Crippen MR) is 55.7 cm³/mol. The fourth-order valence-electron chi connectivity index (χ4n) is 2.86. The Balaban J connectivity index is 2.07. The van der Waals surface area contributed by atoms with Gasteiger partial charge >= 0.3 is 0 Å². The van der Waals surface area contributed by atoms with E-state index in [2.05, 4.69) is 11.5 Å². The van der Waals surface area contributed by atoms with E-state index in [1.165, 1.54) is 0 Å². The van der Waals surface area contributed by atoms with Crippen LogP contribution in [-0.2, 0) is 4.79 Å². The summed E-state index contributed by atoms with van der Waals surface area (Å²) in [6, 6.07) is 1.13. The number of nitrogens with two attached hydrogens (primary N) is 1. The number of carbonyl (C=O) groups excluding carboxylic acids is 1. The Kier molecular flexibility index (Phi) is 2.59. The summed E-state index contributed by atoms with van der Waals surface area (Å²) in [4.78, 5) is 13.8. The van der Waals surface area contributed by atoms with Crippen molar-refractivity contribution >= 4 is 5.91 Å². The predicted octanol–water partition coefficient (Wildman–Crippen LogP) is 1.04. The van der Waals surface area contributed by atoms with Gasteiger partial charge in [0.25, 0.3) is 0 Å². The van der Waals surface area contributed by atoms with Gasteiger partial charge in [-0.2, -0.15) is 0 Å². The molecule has 0 saturated carbocycles. The summed E-state index contributed by atoms with van der Waals surface area (Å²) in [5.41, 5.74) is 5.93. The van der Waals surface area contributed by atoms with Crippen LogP contribution in [0.1, 0.15) is 32.1 Å². The van der Waals surface area contributed by atoms with E-state index in [4.69, 9.17) is 5.73 Å². The van der Waals surface area contributed by atoms with Crippen LogP contribution in [-0.4, -0.2) is 28.9 Å². The molecule has 3 atom stereocenters. The minimum atomic E-state index is 0.236. The third-order valence-corrected chi connectivity index (χ3v) is 3.38. The zero-order valence-electron chi connectivity index (χ0n) is 8.48. The van der Waals surface area contributed by atoms with Crippen molar-refractivity contribution in [2.45, 2.75) is 50.2 Å². The van der Waals surface area contributed by atoms with Crippen LogP contribution in [0.15, 0.2) is 12.7 Å². The molecule has 2 aliphatic rings. The quantitative estimate of drug-likeness (QED) is 0.668. The highest BCUT2D eigenvalue weighted by atomic mass is 16.2. The van der Waals surface area contributed by atoms with Crippen molar-refractivity contribution in [1.29, 1.82) is 0 Å². The van der Waals surface area contributed by atoms with Gasteiger partial charge in [-0.25, -0.2) is 0 Å². The summed E-state index contributed by atoms with van der Waals surface area (Å²) in [7, 11) is 0. The molecule has 2 fully saturated rings. The van der Waals surface area contributed by atoms with Crippen LogP contribution in [0.25, 0.3) is 0 Å². The van der Waals surface area contributed by atoms with Gasteiger partial charge in [0.05, 0.1) is 0 Å². The second kappa shape index (κ2) is 3.73. The average molecular weight is 194 g/mol. The molecule has 0 spiro atoms. The maximum absolute atomic E-state index is 11.8. The van der Waals surface area contributed by atoms with E-state index in [0.29, 0.717) is 24.5 Å². The monoisotopic (exact) mass is 194 g/mol. The normalized spacial score (nSPS) is 35.8.